The third-order valence-electron chi connectivity index (χ3n) is 5.10. The first-order valence-corrected chi connectivity index (χ1v) is 9.79. The molecule has 0 aromatic heterocycles. The topological polar surface area (TPSA) is 61.9 Å². The highest BCUT2D eigenvalue weighted by Gasteiger charge is 2.24. The van der Waals surface area contributed by atoms with Gasteiger partial charge in [0, 0.05) is 31.9 Å². The predicted octanol–water partition coefficient (Wildman–Crippen LogP) is 3.73. The van der Waals surface area contributed by atoms with E-state index >= 15 is 0 Å². The van der Waals surface area contributed by atoms with Gasteiger partial charge in [0.2, 0.25) is 0 Å². The van der Waals surface area contributed by atoms with E-state index in [1.54, 1.807) is 9.80 Å². The monoisotopic (exact) mass is 407 g/mol. The number of benzene rings is 3. The Morgan fingerprint density at radius 3 is 2.27 bits per heavy atom. The van der Waals surface area contributed by atoms with Gasteiger partial charge in [-0.2, -0.15) is 0 Å². The van der Waals surface area contributed by atoms with E-state index in [1.165, 1.54) is 24.3 Å². The molecule has 1 aliphatic heterocycles. The Bertz CT molecular complexity index is 1050. The van der Waals surface area contributed by atoms with Crippen LogP contribution in [0, 0.1) is 5.82 Å². The van der Waals surface area contributed by atoms with E-state index in [1.807, 2.05) is 42.5 Å². The largest absolute Gasteiger partial charge is 0.484 e. The molecule has 3 aromatic rings. The third-order valence-corrected chi connectivity index (χ3v) is 5.10. The summed E-state index contributed by atoms with van der Waals surface area (Å²) in [4.78, 5) is 28.2. The number of rotatable bonds is 4. The third kappa shape index (κ3) is 4.68. The summed E-state index contributed by atoms with van der Waals surface area (Å²) in [7, 11) is 0. The molecule has 6 nitrogen and oxygen atoms in total. The van der Waals surface area contributed by atoms with Crippen LogP contribution >= 0.6 is 0 Å². The van der Waals surface area contributed by atoms with E-state index < -0.39 is 0 Å². The van der Waals surface area contributed by atoms with Crippen molar-refractivity contribution in [3.63, 3.8) is 0 Å². The Morgan fingerprint density at radius 1 is 0.867 bits per heavy atom. The summed E-state index contributed by atoms with van der Waals surface area (Å²) in [6.07, 6.45) is 0. The molecule has 0 aliphatic carbocycles. The minimum absolute atomic E-state index is 0.0416. The molecule has 0 spiro atoms. The van der Waals surface area contributed by atoms with Crippen LogP contribution in [0.4, 0.5) is 14.9 Å². The lowest BCUT2D eigenvalue weighted by Gasteiger charge is -2.34. The van der Waals surface area contributed by atoms with Gasteiger partial charge in [-0.3, -0.25) is 4.79 Å². The van der Waals surface area contributed by atoms with Crippen LogP contribution in [-0.2, 0) is 4.79 Å². The fourth-order valence-corrected chi connectivity index (χ4v) is 3.39. The number of piperazine rings is 1. The molecule has 3 aromatic carbocycles. The molecular weight excluding hydrogens is 385 g/mol. The van der Waals surface area contributed by atoms with Crippen molar-refractivity contribution in [2.24, 2.45) is 0 Å². The minimum Gasteiger partial charge on any atom is -0.484 e. The Balaban J connectivity index is 1.25. The van der Waals surface area contributed by atoms with Gasteiger partial charge in [0.25, 0.3) is 5.91 Å². The van der Waals surface area contributed by atoms with Crippen molar-refractivity contribution in [2.45, 2.75) is 0 Å². The van der Waals surface area contributed by atoms with Gasteiger partial charge in [0.05, 0.1) is 0 Å². The van der Waals surface area contributed by atoms with Crippen molar-refractivity contribution < 1.29 is 18.7 Å². The van der Waals surface area contributed by atoms with E-state index in [9.17, 15) is 14.0 Å². The van der Waals surface area contributed by atoms with Crippen LogP contribution in [-0.4, -0.2) is 54.5 Å². The zero-order chi connectivity index (χ0) is 20.9. The molecule has 3 amide bonds. The molecule has 1 heterocycles. The minimum atomic E-state index is -0.356. The maximum atomic E-state index is 13.0. The lowest BCUT2D eigenvalue weighted by molar-refractivity contribution is -0.134. The normalized spacial score (nSPS) is 13.9. The zero-order valence-electron chi connectivity index (χ0n) is 16.4. The second-order valence-corrected chi connectivity index (χ2v) is 7.10. The average molecular weight is 407 g/mol. The summed E-state index contributed by atoms with van der Waals surface area (Å²) in [5, 5.41) is 4.91. The van der Waals surface area contributed by atoms with Crippen molar-refractivity contribution in [2.75, 3.05) is 38.1 Å². The summed E-state index contributed by atoms with van der Waals surface area (Å²) in [5.41, 5.74) is 0.531. The maximum Gasteiger partial charge on any atom is 0.321 e. The molecule has 1 saturated heterocycles. The zero-order valence-corrected chi connectivity index (χ0v) is 16.4. The lowest BCUT2D eigenvalue weighted by Crippen LogP contribution is -2.52. The van der Waals surface area contributed by atoms with Crippen LogP contribution in [0.3, 0.4) is 0 Å². The molecule has 154 valence electrons. The smallest absolute Gasteiger partial charge is 0.321 e. The number of nitrogens with one attached hydrogen (secondary N) is 1. The molecular formula is C23H22FN3O3. The van der Waals surface area contributed by atoms with Crippen molar-refractivity contribution >= 4 is 28.4 Å². The van der Waals surface area contributed by atoms with Gasteiger partial charge < -0.3 is 19.9 Å². The number of fused-ring (bicyclic) bond motifs is 1. The standard InChI is InChI=1S/C23H22FN3O3/c24-19-6-8-20(9-7-19)25-23(29)27-13-11-26(12-14-27)22(28)16-30-21-10-5-17-3-1-2-4-18(17)15-21/h1-10,15H,11-14,16H2,(H,25,29). The van der Waals surface area contributed by atoms with Crippen LogP contribution in [0.15, 0.2) is 66.7 Å². The molecule has 0 saturated carbocycles. The quantitative estimate of drug-likeness (QED) is 0.717. The molecule has 0 unspecified atom stereocenters. The van der Waals surface area contributed by atoms with Gasteiger partial charge >= 0.3 is 6.03 Å². The van der Waals surface area contributed by atoms with Crippen LogP contribution in [0.25, 0.3) is 10.8 Å². The van der Waals surface area contributed by atoms with E-state index in [4.69, 9.17) is 4.74 Å². The first-order valence-electron chi connectivity index (χ1n) is 9.79. The number of hydrogen-bond acceptors (Lipinski definition) is 3. The fourth-order valence-electron chi connectivity index (χ4n) is 3.39. The second kappa shape index (κ2) is 8.82. The number of amides is 3. The molecule has 1 fully saturated rings. The lowest BCUT2D eigenvalue weighted by atomic mass is 10.1. The number of halogens is 1. The van der Waals surface area contributed by atoms with Gasteiger partial charge in [-0.05, 0) is 47.2 Å². The Kier molecular flexibility index (Phi) is 5.79. The predicted molar refractivity (Wildman–Crippen MR) is 113 cm³/mol. The van der Waals surface area contributed by atoms with Crippen molar-refractivity contribution in [3.05, 3.63) is 72.5 Å². The molecule has 30 heavy (non-hydrogen) atoms. The number of carbonyl (C=O) groups is 2. The first kappa shape index (κ1) is 19.7. The summed E-state index contributed by atoms with van der Waals surface area (Å²) in [6, 6.07) is 19.0. The van der Waals surface area contributed by atoms with Crippen LogP contribution in [0.1, 0.15) is 0 Å². The number of hydrogen-bond donors (Lipinski definition) is 1. The summed E-state index contributed by atoms with van der Waals surface area (Å²) in [6.45, 7) is 1.69. The number of urea groups is 1. The molecule has 4 rings (SSSR count). The highest BCUT2D eigenvalue weighted by molar-refractivity contribution is 5.89. The molecule has 1 N–H and O–H groups in total. The van der Waals surface area contributed by atoms with Gasteiger partial charge in [-0.25, -0.2) is 9.18 Å². The van der Waals surface area contributed by atoms with Crippen LogP contribution in [0.2, 0.25) is 0 Å². The van der Waals surface area contributed by atoms with Gasteiger partial charge in [-0.1, -0.05) is 30.3 Å². The highest BCUT2D eigenvalue weighted by atomic mass is 19.1. The Hall–Kier alpha value is -3.61. The van der Waals surface area contributed by atoms with Gasteiger partial charge in [0.15, 0.2) is 6.61 Å². The van der Waals surface area contributed by atoms with Crippen molar-refractivity contribution in [1.29, 1.82) is 0 Å². The maximum absolute atomic E-state index is 13.0. The van der Waals surface area contributed by atoms with Crippen molar-refractivity contribution in [3.8, 4) is 5.75 Å². The summed E-state index contributed by atoms with van der Waals surface area (Å²) < 4.78 is 18.6. The molecule has 7 heteroatoms. The van der Waals surface area contributed by atoms with E-state index in [-0.39, 0.29) is 24.4 Å². The summed E-state index contributed by atoms with van der Waals surface area (Å²) >= 11 is 0. The van der Waals surface area contributed by atoms with Crippen LogP contribution < -0.4 is 10.1 Å². The number of ether oxygens (including phenoxy) is 1. The Labute approximate surface area is 173 Å². The molecule has 0 bridgehead atoms. The van der Waals surface area contributed by atoms with Crippen molar-refractivity contribution in [1.82, 2.24) is 9.80 Å². The second-order valence-electron chi connectivity index (χ2n) is 7.10. The average Bonchev–Trinajstić information content (AvgIpc) is 2.79. The highest BCUT2D eigenvalue weighted by Crippen LogP contribution is 2.20. The first-order chi connectivity index (χ1) is 14.6. The number of nitrogens with zero attached hydrogens (tertiary/aromatic N) is 2. The van der Waals surface area contributed by atoms with E-state index in [0.717, 1.165) is 10.8 Å². The molecule has 0 atom stereocenters. The van der Waals surface area contributed by atoms with Crippen LogP contribution in [0.5, 0.6) is 5.75 Å². The molecule has 0 radical (unpaired) electrons. The van der Waals surface area contributed by atoms with Gasteiger partial charge in [-0.15, -0.1) is 0 Å². The van der Waals surface area contributed by atoms with E-state index in [2.05, 4.69) is 5.32 Å². The Morgan fingerprint density at radius 2 is 1.53 bits per heavy atom. The SMILES string of the molecule is O=C(COc1ccc2ccccc2c1)N1CCN(C(=O)Nc2ccc(F)cc2)CC1. The fraction of sp³-hybridized carbons (Fsp3) is 0.217. The van der Waals surface area contributed by atoms with E-state index in [0.29, 0.717) is 37.6 Å². The number of anilines is 1. The molecule has 1 aliphatic rings. The van der Waals surface area contributed by atoms with Gasteiger partial charge in [0.1, 0.15) is 11.6 Å². The summed E-state index contributed by atoms with van der Waals surface area (Å²) in [5.74, 6) is 0.187. The number of carbonyl (C=O) groups excluding carboxylic acids is 2.